The SMILES string of the molecule is COc1cc(C=C2Oc3cc(OCC(=O)NCCCC(=O)O)ccc3C2=O)cc(OC)c1OC. The van der Waals surface area contributed by atoms with Crippen molar-refractivity contribution in [2.45, 2.75) is 12.8 Å². The molecule has 180 valence electrons. The molecule has 0 saturated heterocycles. The van der Waals surface area contributed by atoms with E-state index >= 15 is 0 Å². The molecule has 1 heterocycles. The third-order valence-electron chi connectivity index (χ3n) is 4.89. The number of ketones is 1. The number of rotatable bonds is 11. The summed E-state index contributed by atoms with van der Waals surface area (Å²) in [6, 6.07) is 8.05. The summed E-state index contributed by atoms with van der Waals surface area (Å²) in [5.41, 5.74) is 0.978. The van der Waals surface area contributed by atoms with Crippen LogP contribution in [-0.4, -0.2) is 57.2 Å². The van der Waals surface area contributed by atoms with E-state index in [-0.39, 0.29) is 37.0 Å². The van der Waals surface area contributed by atoms with Gasteiger partial charge in [0.15, 0.2) is 23.9 Å². The van der Waals surface area contributed by atoms with Crippen molar-refractivity contribution < 1.29 is 43.2 Å². The first kappa shape index (κ1) is 24.4. The number of hydrogen-bond donors (Lipinski definition) is 2. The van der Waals surface area contributed by atoms with Crippen LogP contribution in [0, 0.1) is 0 Å². The number of carbonyl (C=O) groups is 3. The molecule has 0 spiro atoms. The van der Waals surface area contributed by atoms with Crippen LogP contribution in [0.2, 0.25) is 0 Å². The van der Waals surface area contributed by atoms with Gasteiger partial charge >= 0.3 is 5.97 Å². The van der Waals surface area contributed by atoms with Crippen LogP contribution >= 0.6 is 0 Å². The second kappa shape index (κ2) is 11.1. The zero-order chi connectivity index (χ0) is 24.7. The number of carboxylic acid groups (broad SMARTS) is 1. The average Bonchev–Trinajstić information content (AvgIpc) is 3.13. The molecule has 0 saturated carbocycles. The van der Waals surface area contributed by atoms with E-state index in [1.54, 1.807) is 30.3 Å². The van der Waals surface area contributed by atoms with Gasteiger partial charge in [0.25, 0.3) is 5.91 Å². The summed E-state index contributed by atoms with van der Waals surface area (Å²) in [5.74, 6) is 0.472. The van der Waals surface area contributed by atoms with Crippen molar-refractivity contribution in [2.75, 3.05) is 34.5 Å². The summed E-state index contributed by atoms with van der Waals surface area (Å²) in [6.07, 6.45) is 1.87. The monoisotopic (exact) mass is 471 g/mol. The first-order valence-electron chi connectivity index (χ1n) is 10.4. The van der Waals surface area contributed by atoms with Gasteiger partial charge in [-0.1, -0.05) is 0 Å². The van der Waals surface area contributed by atoms with Crippen LogP contribution in [0.1, 0.15) is 28.8 Å². The highest BCUT2D eigenvalue weighted by Crippen LogP contribution is 2.40. The van der Waals surface area contributed by atoms with E-state index in [1.165, 1.54) is 27.4 Å². The van der Waals surface area contributed by atoms with Crippen LogP contribution in [0.15, 0.2) is 36.1 Å². The molecule has 0 unspecified atom stereocenters. The van der Waals surface area contributed by atoms with Crippen molar-refractivity contribution in [3.63, 3.8) is 0 Å². The number of benzene rings is 2. The summed E-state index contributed by atoms with van der Waals surface area (Å²) in [4.78, 5) is 35.1. The molecule has 0 fully saturated rings. The predicted molar refractivity (Wildman–Crippen MR) is 121 cm³/mol. The van der Waals surface area contributed by atoms with Crippen LogP contribution in [-0.2, 0) is 9.59 Å². The Labute approximate surface area is 196 Å². The number of nitrogens with one attached hydrogen (secondary N) is 1. The summed E-state index contributed by atoms with van der Waals surface area (Å²) in [5, 5.41) is 11.2. The number of ether oxygens (including phenoxy) is 5. The fourth-order valence-electron chi connectivity index (χ4n) is 3.26. The minimum absolute atomic E-state index is 0.0245. The zero-order valence-electron chi connectivity index (χ0n) is 19.0. The normalized spacial score (nSPS) is 13.1. The van der Waals surface area contributed by atoms with E-state index in [4.69, 9.17) is 28.8 Å². The number of hydrogen-bond acceptors (Lipinski definition) is 8. The summed E-state index contributed by atoms with van der Waals surface area (Å²) >= 11 is 0. The van der Waals surface area contributed by atoms with Crippen LogP contribution in [0.4, 0.5) is 0 Å². The van der Waals surface area contributed by atoms with Gasteiger partial charge in [0.05, 0.1) is 26.9 Å². The molecule has 10 heteroatoms. The highest BCUT2D eigenvalue weighted by atomic mass is 16.5. The van der Waals surface area contributed by atoms with Gasteiger partial charge < -0.3 is 34.1 Å². The number of Topliss-reactive ketones (excluding diaryl/α,β-unsaturated/α-hetero) is 1. The molecule has 0 atom stereocenters. The van der Waals surface area contributed by atoms with E-state index in [0.717, 1.165) is 0 Å². The van der Waals surface area contributed by atoms with Gasteiger partial charge in [-0.2, -0.15) is 0 Å². The first-order chi connectivity index (χ1) is 16.4. The number of carboxylic acids is 1. The number of aliphatic carboxylic acids is 1. The maximum Gasteiger partial charge on any atom is 0.303 e. The lowest BCUT2D eigenvalue weighted by Crippen LogP contribution is -2.29. The van der Waals surface area contributed by atoms with Crippen LogP contribution < -0.4 is 29.0 Å². The number of methoxy groups -OCH3 is 3. The lowest BCUT2D eigenvalue weighted by Gasteiger charge is -2.13. The van der Waals surface area contributed by atoms with E-state index in [1.807, 2.05) is 0 Å². The van der Waals surface area contributed by atoms with Gasteiger partial charge in [-0.3, -0.25) is 14.4 Å². The van der Waals surface area contributed by atoms with Crippen LogP contribution in [0.5, 0.6) is 28.7 Å². The molecular formula is C24H25NO9. The summed E-state index contributed by atoms with van der Waals surface area (Å²) in [7, 11) is 4.50. The lowest BCUT2D eigenvalue weighted by atomic mass is 10.1. The number of carbonyl (C=O) groups excluding carboxylic acids is 2. The third kappa shape index (κ3) is 5.77. The molecule has 0 aliphatic carbocycles. The van der Waals surface area contributed by atoms with Crippen molar-refractivity contribution in [3.8, 4) is 28.7 Å². The highest BCUT2D eigenvalue weighted by Gasteiger charge is 2.28. The number of amides is 1. The van der Waals surface area contributed by atoms with E-state index in [2.05, 4.69) is 5.32 Å². The molecule has 0 aromatic heterocycles. The van der Waals surface area contributed by atoms with Crippen molar-refractivity contribution in [1.82, 2.24) is 5.32 Å². The van der Waals surface area contributed by atoms with E-state index in [0.29, 0.717) is 46.3 Å². The predicted octanol–water partition coefficient (Wildman–Crippen LogP) is 2.69. The lowest BCUT2D eigenvalue weighted by molar-refractivity contribution is -0.137. The van der Waals surface area contributed by atoms with Gasteiger partial charge in [-0.05, 0) is 42.3 Å². The standard InChI is InChI=1S/C24H25NO9/c1-30-19-10-14(11-20(31-2)24(19)32-3)9-18-23(29)16-7-6-15(12-17(16)34-18)33-13-21(26)25-8-4-5-22(27)28/h6-7,9-12H,4-5,8,13H2,1-3H3,(H,25,26)(H,27,28). The summed E-state index contributed by atoms with van der Waals surface area (Å²) in [6.45, 7) is -0.0146. The molecular weight excluding hydrogens is 446 g/mol. The van der Waals surface area contributed by atoms with E-state index < -0.39 is 5.97 Å². The van der Waals surface area contributed by atoms with Crippen molar-refractivity contribution in [1.29, 1.82) is 0 Å². The average molecular weight is 471 g/mol. The first-order valence-corrected chi connectivity index (χ1v) is 10.4. The zero-order valence-corrected chi connectivity index (χ0v) is 19.0. The topological polar surface area (TPSA) is 130 Å². The fraction of sp³-hybridized carbons (Fsp3) is 0.292. The molecule has 1 aliphatic heterocycles. The van der Waals surface area contributed by atoms with Crippen molar-refractivity contribution in [2.24, 2.45) is 0 Å². The second-order valence-corrected chi connectivity index (χ2v) is 7.19. The molecule has 2 aromatic rings. The molecule has 2 aromatic carbocycles. The Bertz CT molecular complexity index is 1100. The Morgan fingerprint density at radius 1 is 1.06 bits per heavy atom. The van der Waals surface area contributed by atoms with Crippen LogP contribution in [0.3, 0.4) is 0 Å². The molecule has 1 aliphatic rings. The Morgan fingerprint density at radius 2 is 1.76 bits per heavy atom. The molecule has 0 radical (unpaired) electrons. The van der Waals surface area contributed by atoms with Gasteiger partial charge in [-0.25, -0.2) is 0 Å². The highest BCUT2D eigenvalue weighted by molar-refractivity contribution is 6.14. The maximum atomic E-state index is 12.8. The van der Waals surface area contributed by atoms with Gasteiger partial charge in [0, 0.05) is 19.0 Å². The number of fused-ring (bicyclic) bond motifs is 1. The largest absolute Gasteiger partial charge is 0.493 e. The summed E-state index contributed by atoms with van der Waals surface area (Å²) < 4.78 is 27.2. The smallest absolute Gasteiger partial charge is 0.303 e. The molecule has 1 amide bonds. The third-order valence-corrected chi connectivity index (χ3v) is 4.89. The fourth-order valence-corrected chi connectivity index (χ4v) is 3.26. The van der Waals surface area contributed by atoms with E-state index in [9.17, 15) is 14.4 Å². The Morgan fingerprint density at radius 3 is 2.38 bits per heavy atom. The quantitative estimate of drug-likeness (QED) is 0.375. The maximum absolute atomic E-state index is 12.8. The van der Waals surface area contributed by atoms with Crippen LogP contribution in [0.25, 0.3) is 6.08 Å². The Balaban J connectivity index is 1.68. The molecule has 10 nitrogen and oxygen atoms in total. The van der Waals surface area contributed by atoms with Crippen molar-refractivity contribution >= 4 is 23.7 Å². The Kier molecular flexibility index (Phi) is 7.96. The number of allylic oxidation sites excluding steroid dienone is 1. The molecule has 0 bridgehead atoms. The van der Waals surface area contributed by atoms with Crippen molar-refractivity contribution in [3.05, 3.63) is 47.2 Å². The van der Waals surface area contributed by atoms with Gasteiger partial charge in [-0.15, -0.1) is 0 Å². The Hall–Kier alpha value is -4.21. The molecule has 3 rings (SSSR count). The second-order valence-electron chi connectivity index (χ2n) is 7.19. The van der Waals surface area contributed by atoms with Gasteiger partial charge in [0.2, 0.25) is 11.5 Å². The molecule has 34 heavy (non-hydrogen) atoms. The minimum atomic E-state index is -0.920. The molecule has 2 N–H and O–H groups in total. The minimum Gasteiger partial charge on any atom is -0.493 e. The van der Waals surface area contributed by atoms with Gasteiger partial charge in [0.1, 0.15) is 11.5 Å².